The summed E-state index contributed by atoms with van der Waals surface area (Å²) in [5.74, 6) is 0.918. The van der Waals surface area contributed by atoms with E-state index in [2.05, 4.69) is 55.5 Å². The van der Waals surface area contributed by atoms with Crippen molar-refractivity contribution in [2.24, 2.45) is 5.73 Å². The third-order valence-corrected chi connectivity index (χ3v) is 3.54. The fourth-order valence-corrected chi connectivity index (χ4v) is 2.53. The van der Waals surface area contributed by atoms with Gasteiger partial charge in [0.05, 0.1) is 0 Å². The van der Waals surface area contributed by atoms with Gasteiger partial charge >= 0.3 is 0 Å². The molecule has 0 saturated heterocycles. The minimum atomic E-state index is 0.190. The van der Waals surface area contributed by atoms with Gasteiger partial charge < -0.3 is 10.2 Å². The number of para-hydroxylation sites is 1. The summed E-state index contributed by atoms with van der Waals surface area (Å²) >= 11 is 0. The number of fused-ring (bicyclic) bond motifs is 1. The smallest absolute Gasteiger partial charge is 0.137 e. The third-order valence-electron chi connectivity index (χ3n) is 3.54. The van der Waals surface area contributed by atoms with Crippen LogP contribution in [0.1, 0.15) is 18.1 Å². The van der Waals surface area contributed by atoms with E-state index in [1.807, 2.05) is 6.92 Å². The molecule has 0 amide bonds. The molecule has 20 heavy (non-hydrogen) atoms. The van der Waals surface area contributed by atoms with Gasteiger partial charge in [0.15, 0.2) is 0 Å². The Morgan fingerprint density at radius 3 is 2.50 bits per heavy atom. The Morgan fingerprint density at radius 1 is 1.10 bits per heavy atom. The Hall–Kier alpha value is -2.06. The first kappa shape index (κ1) is 12.9. The average molecular weight is 265 g/mol. The van der Waals surface area contributed by atoms with Gasteiger partial charge in [-0.3, -0.25) is 0 Å². The maximum absolute atomic E-state index is 5.98. The van der Waals surface area contributed by atoms with Crippen molar-refractivity contribution in [3.05, 3.63) is 59.7 Å². The van der Waals surface area contributed by atoms with Crippen LogP contribution in [0.5, 0.6) is 0 Å². The van der Waals surface area contributed by atoms with E-state index in [-0.39, 0.29) is 6.04 Å². The molecule has 2 aromatic carbocycles. The summed E-state index contributed by atoms with van der Waals surface area (Å²) in [6.07, 6.45) is 0.902. The van der Waals surface area contributed by atoms with Gasteiger partial charge in [0.1, 0.15) is 11.3 Å². The van der Waals surface area contributed by atoms with Gasteiger partial charge in [0, 0.05) is 17.0 Å². The molecule has 0 saturated carbocycles. The summed E-state index contributed by atoms with van der Waals surface area (Å²) in [6, 6.07) is 17.0. The van der Waals surface area contributed by atoms with Crippen molar-refractivity contribution in [2.75, 3.05) is 0 Å². The highest BCUT2D eigenvalue weighted by atomic mass is 16.3. The van der Waals surface area contributed by atoms with Crippen LogP contribution >= 0.6 is 0 Å². The summed E-state index contributed by atoms with van der Waals surface area (Å²) in [6.45, 7) is 4.09. The summed E-state index contributed by atoms with van der Waals surface area (Å²) < 4.78 is 5.98. The Balaban J connectivity index is 1.96. The molecule has 0 aliphatic carbocycles. The molecular formula is C18H19NO. The summed E-state index contributed by atoms with van der Waals surface area (Å²) in [5.41, 5.74) is 10.3. The van der Waals surface area contributed by atoms with Crippen molar-refractivity contribution >= 4 is 11.0 Å². The lowest BCUT2D eigenvalue weighted by atomic mass is 10.0. The van der Waals surface area contributed by atoms with Crippen LogP contribution in [-0.4, -0.2) is 6.04 Å². The van der Waals surface area contributed by atoms with Gasteiger partial charge in [0.25, 0.3) is 0 Å². The van der Waals surface area contributed by atoms with E-state index in [9.17, 15) is 0 Å². The number of benzene rings is 2. The average Bonchev–Trinajstić information content (AvgIpc) is 2.84. The number of nitrogens with two attached hydrogens (primary N) is 1. The van der Waals surface area contributed by atoms with Crippen molar-refractivity contribution in [2.45, 2.75) is 26.3 Å². The highest BCUT2D eigenvalue weighted by Gasteiger charge is 2.08. The standard InChI is InChI=1S/C18H19NO/c1-12-4-3-5-16-11-17(20-18(12)16)15-8-6-14(7-9-15)10-13(2)19/h3-9,11,13H,10,19H2,1-2H3. The second-order valence-corrected chi connectivity index (χ2v) is 5.48. The molecule has 102 valence electrons. The molecule has 0 aliphatic heterocycles. The SMILES string of the molecule is Cc1cccc2cc(-c3ccc(CC(C)N)cc3)oc12. The quantitative estimate of drug-likeness (QED) is 0.767. The maximum atomic E-state index is 5.98. The van der Waals surface area contributed by atoms with Crippen molar-refractivity contribution in [3.63, 3.8) is 0 Å². The van der Waals surface area contributed by atoms with Gasteiger partial charge in [-0.05, 0) is 37.5 Å². The van der Waals surface area contributed by atoms with Crippen LogP contribution in [0, 0.1) is 6.92 Å². The second-order valence-electron chi connectivity index (χ2n) is 5.48. The predicted octanol–water partition coefficient (Wildman–Crippen LogP) is 4.30. The van der Waals surface area contributed by atoms with Gasteiger partial charge in [-0.15, -0.1) is 0 Å². The molecule has 0 aliphatic rings. The zero-order valence-electron chi connectivity index (χ0n) is 11.9. The molecule has 0 bridgehead atoms. The molecule has 0 spiro atoms. The molecule has 1 atom stereocenters. The molecule has 1 heterocycles. The number of aryl methyl sites for hydroxylation is 1. The van der Waals surface area contributed by atoms with Crippen LogP contribution in [0.2, 0.25) is 0 Å². The minimum Gasteiger partial charge on any atom is -0.456 e. The fraction of sp³-hybridized carbons (Fsp3) is 0.222. The summed E-state index contributed by atoms with van der Waals surface area (Å²) in [5, 5.41) is 1.15. The van der Waals surface area contributed by atoms with Gasteiger partial charge in [-0.1, -0.05) is 42.5 Å². The Kier molecular flexibility index (Phi) is 3.33. The van der Waals surface area contributed by atoms with Crippen LogP contribution < -0.4 is 5.73 Å². The molecular weight excluding hydrogens is 246 g/mol. The number of hydrogen-bond acceptors (Lipinski definition) is 2. The molecule has 2 heteroatoms. The minimum absolute atomic E-state index is 0.190. The van der Waals surface area contributed by atoms with Gasteiger partial charge in [0.2, 0.25) is 0 Å². The first-order chi connectivity index (χ1) is 9.63. The van der Waals surface area contributed by atoms with Crippen LogP contribution in [0.3, 0.4) is 0 Å². The molecule has 1 unspecified atom stereocenters. The topological polar surface area (TPSA) is 39.2 Å². The van der Waals surface area contributed by atoms with Crippen LogP contribution in [0.25, 0.3) is 22.3 Å². The van der Waals surface area contributed by atoms with E-state index in [4.69, 9.17) is 10.2 Å². The fourth-order valence-electron chi connectivity index (χ4n) is 2.53. The van der Waals surface area contributed by atoms with E-state index in [0.717, 1.165) is 28.7 Å². The van der Waals surface area contributed by atoms with Crippen molar-refractivity contribution in [1.29, 1.82) is 0 Å². The second kappa shape index (κ2) is 5.14. The van der Waals surface area contributed by atoms with Crippen molar-refractivity contribution in [1.82, 2.24) is 0 Å². The number of hydrogen-bond donors (Lipinski definition) is 1. The molecule has 2 N–H and O–H groups in total. The number of rotatable bonds is 3. The van der Waals surface area contributed by atoms with Crippen LogP contribution in [-0.2, 0) is 6.42 Å². The molecule has 0 radical (unpaired) electrons. The van der Waals surface area contributed by atoms with E-state index >= 15 is 0 Å². The van der Waals surface area contributed by atoms with E-state index in [1.165, 1.54) is 11.1 Å². The molecule has 3 aromatic rings. The molecule has 2 nitrogen and oxygen atoms in total. The van der Waals surface area contributed by atoms with Gasteiger partial charge in [-0.2, -0.15) is 0 Å². The van der Waals surface area contributed by atoms with E-state index in [1.54, 1.807) is 0 Å². The summed E-state index contributed by atoms with van der Waals surface area (Å²) in [7, 11) is 0. The first-order valence-electron chi connectivity index (χ1n) is 6.97. The van der Waals surface area contributed by atoms with Crippen LogP contribution in [0.4, 0.5) is 0 Å². The maximum Gasteiger partial charge on any atom is 0.137 e. The molecule has 0 fully saturated rings. The monoisotopic (exact) mass is 265 g/mol. The lowest BCUT2D eigenvalue weighted by Crippen LogP contribution is -2.17. The largest absolute Gasteiger partial charge is 0.456 e. The zero-order chi connectivity index (χ0) is 14.1. The number of furan rings is 1. The highest BCUT2D eigenvalue weighted by Crippen LogP contribution is 2.29. The lowest BCUT2D eigenvalue weighted by Gasteiger charge is -2.05. The van der Waals surface area contributed by atoms with Crippen LogP contribution in [0.15, 0.2) is 52.9 Å². The van der Waals surface area contributed by atoms with E-state index < -0.39 is 0 Å². The summed E-state index contributed by atoms with van der Waals surface area (Å²) in [4.78, 5) is 0. The Labute approximate surface area is 119 Å². The Morgan fingerprint density at radius 2 is 1.85 bits per heavy atom. The zero-order valence-corrected chi connectivity index (χ0v) is 11.9. The molecule has 3 rings (SSSR count). The normalized spacial score (nSPS) is 12.8. The Bertz CT molecular complexity index is 723. The highest BCUT2D eigenvalue weighted by molar-refractivity contribution is 5.85. The molecule has 1 aromatic heterocycles. The predicted molar refractivity (Wildman–Crippen MR) is 83.7 cm³/mol. The third kappa shape index (κ3) is 2.47. The lowest BCUT2D eigenvalue weighted by molar-refractivity contribution is 0.629. The van der Waals surface area contributed by atoms with Crippen molar-refractivity contribution < 1.29 is 4.42 Å². The first-order valence-corrected chi connectivity index (χ1v) is 6.97. The van der Waals surface area contributed by atoms with E-state index in [0.29, 0.717) is 0 Å². The van der Waals surface area contributed by atoms with Crippen molar-refractivity contribution in [3.8, 4) is 11.3 Å². The van der Waals surface area contributed by atoms with Gasteiger partial charge in [-0.25, -0.2) is 0 Å².